The predicted molar refractivity (Wildman–Crippen MR) is 173 cm³/mol. The van der Waals surface area contributed by atoms with Gasteiger partial charge in [0.1, 0.15) is 0 Å². The van der Waals surface area contributed by atoms with E-state index in [-0.39, 0.29) is 76.3 Å². The van der Waals surface area contributed by atoms with Crippen LogP contribution >= 0.6 is 0 Å². The molecule has 0 heterocycles. The maximum atomic E-state index is 3.50. The third-order valence-corrected chi connectivity index (χ3v) is 6.18. The smallest absolute Gasteiger partial charge is 0.668 e. The van der Waals surface area contributed by atoms with Crippen molar-refractivity contribution in [2.45, 2.75) is 130 Å². The fourth-order valence-corrected chi connectivity index (χ4v) is 4.27. The summed E-state index contributed by atoms with van der Waals surface area (Å²) in [4.78, 5) is 0. The first-order chi connectivity index (χ1) is 16.8. The Morgan fingerprint density at radius 3 is 0.474 bits per heavy atom. The van der Waals surface area contributed by atoms with E-state index in [9.17, 15) is 0 Å². The van der Waals surface area contributed by atoms with Gasteiger partial charge < -0.3 is 21.3 Å². The number of hydrogen-bond donors (Lipinski definition) is 0. The summed E-state index contributed by atoms with van der Waals surface area (Å²) >= 11 is 0. The van der Waals surface area contributed by atoms with Crippen LogP contribution in [0.2, 0.25) is 0 Å². The van der Waals surface area contributed by atoms with E-state index in [1.165, 1.54) is 109 Å². The first-order valence-electron chi connectivity index (χ1n) is 14.8. The Morgan fingerprint density at radius 1 is 0.316 bits per heavy atom. The Balaban J connectivity index is -0.0000000584. The van der Waals surface area contributed by atoms with E-state index in [1.54, 1.807) is 56.4 Å². The van der Waals surface area contributed by atoms with Gasteiger partial charge in [0.25, 0.3) is 0 Å². The Morgan fingerprint density at radius 2 is 0.421 bits per heavy atom. The molecule has 4 saturated carbocycles. The van der Waals surface area contributed by atoms with Crippen molar-refractivity contribution in [3.05, 3.63) is 21.3 Å². The molecular formula is C31H70N4SnZr2+4. The summed E-state index contributed by atoms with van der Waals surface area (Å²) in [7, 11) is 14.0. The van der Waals surface area contributed by atoms with Crippen LogP contribution in [0.15, 0.2) is 0 Å². The summed E-state index contributed by atoms with van der Waals surface area (Å²) in [5.74, 6) is 3.14. The summed E-state index contributed by atoms with van der Waals surface area (Å²) < 4.78 is 0. The third kappa shape index (κ3) is 66.6. The number of hydrogen-bond acceptors (Lipinski definition) is 0. The molecule has 0 amide bonds. The second kappa shape index (κ2) is 55.3. The van der Waals surface area contributed by atoms with Crippen molar-refractivity contribution < 1.29 is 52.4 Å². The largest absolute Gasteiger partial charge is 4.00 e. The number of rotatable bonds is 0. The first-order valence-corrected chi connectivity index (χ1v) is 14.8. The molecule has 38 heavy (non-hydrogen) atoms. The van der Waals surface area contributed by atoms with Crippen LogP contribution in [0.3, 0.4) is 0 Å². The van der Waals surface area contributed by atoms with Crippen LogP contribution in [-0.4, -0.2) is 80.3 Å². The van der Waals surface area contributed by atoms with E-state index < -0.39 is 0 Å². The van der Waals surface area contributed by atoms with Gasteiger partial charge in [-0.15, -0.1) is 0 Å². The summed E-state index contributed by atoms with van der Waals surface area (Å²) in [6.45, 7) is 7.02. The first kappa shape index (κ1) is 56.2. The Bertz CT molecular complexity index is 259. The van der Waals surface area contributed by atoms with Crippen molar-refractivity contribution in [1.29, 1.82) is 0 Å². The van der Waals surface area contributed by atoms with Gasteiger partial charge in [-0.2, -0.15) is 56.4 Å². The van der Waals surface area contributed by atoms with Gasteiger partial charge in [-0.1, -0.05) is 130 Å². The molecule has 4 radical (unpaired) electrons. The molecule has 0 bridgehead atoms. The van der Waals surface area contributed by atoms with Gasteiger partial charge in [0.2, 0.25) is 0 Å². The SMILES string of the molecule is C1CCCC1.CC1CCCC1.CC1CCCC1.CC1CCCC1.C[N-]C.C[N-]C.C[N-]C.C[N-]C.[Sn].[Zr+4].[Zr+4]. The molecule has 0 N–H and O–H groups in total. The van der Waals surface area contributed by atoms with Crippen molar-refractivity contribution in [2.24, 2.45) is 17.8 Å². The summed E-state index contributed by atoms with van der Waals surface area (Å²) in [5, 5.41) is 14.0. The minimum absolute atomic E-state index is 0. The molecule has 4 rings (SSSR count). The van der Waals surface area contributed by atoms with Crippen molar-refractivity contribution in [2.75, 3.05) is 56.4 Å². The average molecular weight is 800 g/mol. The average Bonchev–Trinajstić information content (AvgIpc) is 3.63. The Kier molecular flexibility index (Phi) is 81.9. The van der Waals surface area contributed by atoms with Crippen LogP contribution in [0, 0.1) is 17.8 Å². The molecule has 0 spiro atoms. The summed E-state index contributed by atoms with van der Waals surface area (Å²) in [5.41, 5.74) is 0. The minimum atomic E-state index is 0. The molecule has 4 fully saturated rings. The zero-order chi connectivity index (χ0) is 27.6. The number of nitrogens with zero attached hydrogens (tertiary/aromatic N) is 4. The summed E-state index contributed by atoms with van der Waals surface area (Å²) in [6.07, 6.45) is 25.3. The standard InChI is InChI=1S/3C6H12.C5H10.4C2H6N.Sn.2Zr/c3*1-6-4-2-3-5-6;1-2-4-5-3-1;4*1-3-2;;;/h3*6H,2-5H2,1H3;1-5H2;4*1-2H3;;;/q;;;;4*-1;;2*+4. The van der Waals surface area contributed by atoms with Gasteiger partial charge in [-0.25, -0.2) is 0 Å². The molecule has 7 heteroatoms. The van der Waals surface area contributed by atoms with Crippen LogP contribution < -0.4 is 0 Å². The zero-order valence-electron chi connectivity index (χ0n) is 28.0. The molecule has 0 aromatic carbocycles. The second-order valence-electron chi connectivity index (χ2n) is 10.7. The van der Waals surface area contributed by atoms with E-state index in [1.807, 2.05) is 0 Å². The van der Waals surface area contributed by atoms with Crippen LogP contribution in [0.25, 0.3) is 21.3 Å². The van der Waals surface area contributed by atoms with Gasteiger partial charge in [0.05, 0.1) is 0 Å². The molecule has 0 atom stereocenters. The molecular weight excluding hydrogens is 730 g/mol. The van der Waals surface area contributed by atoms with Crippen LogP contribution in [0.4, 0.5) is 0 Å². The van der Waals surface area contributed by atoms with Crippen LogP contribution in [0.1, 0.15) is 130 Å². The summed E-state index contributed by atoms with van der Waals surface area (Å²) in [6, 6.07) is 0. The molecule has 0 unspecified atom stereocenters. The monoisotopic (exact) mass is 798 g/mol. The van der Waals surface area contributed by atoms with Gasteiger partial charge in [0.15, 0.2) is 0 Å². The fourth-order valence-electron chi connectivity index (χ4n) is 4.27. The van der Waals surface area contributed by atoms with Gasteiger partial charge >= 0.3 is 52.4 Å². The Labute approximate surface area is 298 Å². The van der Waals surface area contributed by atoms with E-state index in [2.05, 4.69) is 42.0 Å². The molecule has 0 saturated heterocycles. The van der Waals surface area contributed by atoms with Crippen LogP contribution in [0.5, 0.6) is 0 Å². The van der Waals surface area contributed by atoms with Gasteiger partial charge in [-0.05, 0) is 17.8 Å². The molecule has 0 aromatic heterocycles. The maximum absolute atomic E-state index is 3.50. The molecule has 4 aliphatic carbocycles. The fraction of sp³-hybridized carbons (Fsp3) is 1.00. The second-order valence-corrected chi connectivity index (χ2v) is 10.7. The quantitative estimate of drug-likeness (QED) is 0.219. The van der Waals surface area contributed by atoms with Crippen LogP contribution in [-0.2, 0) is 52.4 Å². The molecule has 0 aromatic rings. The van der Waals surface area contributed by atoms with E-state index in [4.69, 9.17) is 0 Å². The topological polar surface area (TPSA) is 56.4 Å². The molecule has 222 valence electrons. The third-order valence-electron chi connectivity index (χ3n) is 6.18. The molecule has 4 aliphatic rings. The minimum Gasteiger partial charge on any atom is -0.668 e. The molecule has 0 aliphatic heterocycles. The van der Waals surface area contributed by atoms with Gasteiger partial charge in [0, 0.05) is 23.9 Å². The zero-order valence-corrected chi connectivity index (χ0v) is 35.8. The Hall–Kier alpha value is 2.40. The van der Waals surface area contributed by atoms with Crippen molar-refractivity contribution >= 4 is 23.9 Å². The maximum Gasteiger partial charge on any atom is 4.00 e. The van der Waals surface area contributed by atoms with E-state index in [0.717, 1.165) is 17.8 Å². The van der Waals surface area contributed by atoms with E-state index >= 15 is 0 Å². The van der Waals surface area contributed by atoms with E-state index in [0.29, 0.717) is 0 Å². The van der Waals surface area contributed by atoms with Crippen molar-refractivity contribution in [3.63, 3.8) is 0 Å². The predicted octanol–water partition coefficient (Wildman–Crippen LogP) is 10.6. The van der Waals surface area contributed by atoms with Crippen molar-refractivity contribution in [1.82, 2.24) is 0 Å². The normalized spacial score (nSPS) is 17.1. The van der Waals surface area contributed by atoms with Gasteiger partial charge in [-0.3, -0.25) is 0 Å². The molecule has 4 nitrogen and oxygen atoms in total. The van der Waals surface area contributed by atoms with Crippen molar-refractivity contribution in [3.8, 4) is 0 Å².